The summed E-state index contributed by atoms with van der Waals surface area (Å²) in [4.78, 5) is 0. The number of hydrogen-bond acceptors (Lipinski definition) is 0. The van der Waals surface area contributed by atoms with Crippen molar-refractivity contribution in [3.8, 4) is 44.5 Å². The molecule has 0 aliphatic heterocycles. The fourth-order valence-corrected chi connectivity index (χ4v) is 7.88. The summed E-state index contributed by atoms with van der Waals surface area (Å²) in [5, 5.41) is 5.05. The monoisotopic (exact) mass is 728 g/mol. The second kappa shape index (κ2) is 14.7. The van der Waals surface area contributed by atoms with Crippen LogP contribution < -0.4 is 0 Å². The van der Waals surface area contributed by atoms with Crippen LogP contribution in [0.5, 0.6) is 0 Å². The van der Waals surface area contributed by atoms with E-state index in [1.807, 2.05) is 18.2 Å². The van der Waals surface area contributed by atoms with E-state index in [2.05, 4.69) is 102 Å². The average molecular weight is 729 g/mol. The van der Waals surface area contributed by atoms with Crippen LogP contribution in [0, 0.1) is 30.2 Å². The fourth-order valence-electron chi connectivity index (χ4n) is 7.65. The number of rotatable bonds is 8. The summed E-state index contributed by atoms with van der Waals surface area (Å²) >= 11 is 0. The number of halogens is 5. The first-order chi connectivity index (χ1) is 25.5. The smallest absolute Gasteiger partial charge is 0.198 e. The Labute approximate surface area is 309 Å². The Morgan fingerprint density at radius 3 is 1.45 bits per heavy atom. The molecule has 7 aromatic rings. The van der Waals surface area contributed by atoms with Gasteiger partial charge in [-0.1, -0.05) is 111 Å². The number of fused-ring (bicyclic) bond motifs is 2. The molecule has 0 saturated carbocycles. The molecule has 0 fully saturated rings. The molecule has 0 aliphatic carbocycles. The first-order valence-corrected chi connectivity index (χ1v) is 18.3. The van der Waals surface area contributed by atoms with Crippen LogP contribution in [0.3, 0.4) is 0 Å². The largest absolute Gasteiger partial charge is 0.212 e. The van der Waals surface area contributed by atoms with Gasteiger partial charge in [0.2, 0.25) is 0 Å². The Hall–Kier alpha value is -5.12. The van der Waals surface area contributed by atoms with Crippen LogP contribution in [0.25, 0.3) is 66.1 Å². The van der Waals surface area contributed by atoms with Gasteiger partial charge in [0.1, 0.15) is 5.83 Å². The molecule has 0 nitrogen and oxygen atoms in total. The maximum Gasteiger partial charge on any atom is 0.198 e. The van der Waals surface area contributed by atoms with Gasteiger partial charge in [-0.25, -0.2) is 22.0 Å². The van der Waals surface area contributed by atoms with Crippen LogP contribution in [0.1, 0.15) is 43.0 Å². The third kappa shape index (κ3) is 6.46. The lowest BCUT2D eigenvalue weighted by atomic mass is 9.80. The van der Waals surface area contributed by atoms with Crippen molar-refractivity contribution in [1.29, 1.82) is 0 Å². The summed E-state index contributed by atoms with van der Waals surface area (Å²) in [6, 6.07) is 36.5. The maximum absolute atomic E-state index is 15.0. The zero-order chi connectivity index (χ0) is 37.6. The highest BCUT2D eigenvalue weighted by Crippen LogP contribution is 2.46. The van der Waals surface area contributed by atoms with Crippen molar-refractivity contribution in [3.05, 3.63) is 166 Å². The van der Waals surface area contributed by atoms with Gasteiger partial charge in [0.05, 0.1) is 0 Å². The number of benzene rings is 7. The third-order valence-corrected chi connectivity index (χ3v) is 11.0. The highest BCUT2D eigenvalue weighted by atomic mass is 31.0. The minimum Gasteiger partial charge on any atom is -0.212 e. The molecule has 7 aromatic carbocycles. The van der Waals surface area contributed by atoms with Crippen molar-refractivity contribution in [2.24, 2.45) is 0 Å². The van der Waals surface area contributed by atoms with Gasteiger partial charge in [-0.05, 0) is 133 Å². The van der Waals surface area contributed by atoms with Crippen molar-refractivity contribution < 1.29 is 22.0 Å². The Bertz CT molecular complexity index is 2530. The highest BCUT2D eigenvalue weighted by Gasteiger charge is 2.25. The zero-order valence-electron chi connectivity index (χ0n) is 30.0. The van der Waals surface area contributed by atoms with E-state index in [0.717, 1.165) is 72.5 Å². The van der Waals surface area contributed by atoms with Crippen LogP contribution in [-0.4, -0.2) is 0 Å². The highest BCUT2D eigenvalue weighted by molar-refractivity contribution is 7.22. The predicted molar refractivity (Wildman–Crippen MR) is 214 cm³/mol. The molecule has 0 bridgehead atoms. The molecular formula is C47H38F5P. The molecule has 0 saturated heterocycles. The molecule has 0 heterocycles. The molecular weight excluding hydrogens is 690 g/mol. The van der Waals surface area contributed by atoms with Gasteiger partial charge in [-0.15, -0.1) is 9.24 Å². The topological polar surface area (TPSA) is 0 Å². The fraction of sp³-hybridized carbons (Fsp3) is 0.149. The van der Waals surface area contributed by atoms with Crippen LogP contribution in [0.2, 0.25) is 0 Å². The van der Waals surface area contributed by atoms with Crippen molar-refractivity contribution in [2.75, 3.05) is 0 Å². The summed E-state index contributed by atoms with van der Waals surface area (Å²) in [7, 11) is 2.50. The van der Waals surface area contributed by atoms with E-state index >= 15 is 4.39 Å². The van der Waals surface area contributed by atoms with E-state index in [4.69, 9.17) is 0 Å². The molecule has 0 N–H and O–H groups in total. The normalized spacial score (nSPS) is 12.1. The molecule has 1 atom stereocenters. The first-order valence-electron chi connectivity index (χ1n) is 17.8. The van der Waals surface area contributed by atoms with E-state index in [1.54, 1.807) is 12.1 Å². The second-order valence-electron chi connectivity index (χ2n) is 13.5. The van der Waals surface area contributed by atoms with Gasteiger partial charge in [0.15, 0.2) is 23.3 Å². The van der Waals surface area contributed by atoms with E-state index in [1.165, 1.54) is 19.4 Å². The summed E-state index contributed by atoms with van der Waals surface area (Å²) in [5.41, 5.74) is 9.40. The van der Waals surface area contributed by atoms with Crippen molar-refractivity contribution in [3.63, 3.8) is 0 Å². The van der Waals surface area contributed by atoms with E-state index < -0.39 is 23.3 Å². The molecule has 0 aliphatic rings. The Morgan fingerprint density at radius 2 is 0.981 bits per heavy atom. The quantitative estimate of drug-likeness (QED) is 0.0633. The molecule has 0 radical (unpaired) electrons. The zero-order valence-corrected chi connectivity index (χ0v) is 31.1. The molecule has 6 heteroatoms. The first kappa shape index (κ1) is 36.2. The SMILES string of the molecule is CCc1c(-c2ccc(C/C(P)=C(\C)F)cc2)cc2ccccc2c1-c1c(CC)c(-c2ccc(-c3c(C)c(F)c(F)c(F)c3F)cc2)cc2ccccc12. The predicted octanol–water partition coefficient (Wildman–Crippen LogP) is 14.3. The van der Waals surface area contributed by atoms with Crippen LogP contribution in [0.4, 0.5) is 22.0 Å². The summed E-state index contributed by atoms with van der Waals surface area (Å²) < 4.78 is 71.7. The summed E-state index contributed by atoms with van der Waals surface area (Å²) in [6.07, 6.45) is 1.99. The molecule has 266 valence electrons. The van der Waals surface area contributed by atoms with E-state index in [9.17, 15) is 17.6 Å². The lowest BCUT2D eigenvalue weighted by Crippen LogP contribution is -2.03. The van der Waals surface area contributed by atoms with Gasteiger partial charge in [0.25, 0.3) is 0 Å². The van der Waals surface area contributed by atoms with E-state index in [-0.39, 0.29) is 22.5 Å². The van der Waals surface area contributed by atoms with Gasteiger partial charge >= 0.3 is 0 Å². The molecule has 0 amide bonds. The van der Waals surface area contributed by atoms with Gasteiger partial charge in [-0.3, -0.25) is 0 Å². The van der Waals surface area contributed by atoms with Crippen molar-refractivity contribution in [1.82, 2.24) is 0 Å². The van der Waals surface area contributed by atoms with Crippen LogP contribution >= 0.6 is 9.24 Å². The van der Waals surface area contributed by atoms with Crippen molar-refractivity contribution >= 4 is 30.8 Å². The molecule has 0 aromatic heterocycles. The van der Waals surface area contributed by atoms with Crippen LogP contribution in [-0.2, 0) is 19.3 Å². The lowest BCUT2D eigenvalue weighted by molar-refractivity contribution is 0.408. The average Bonchev–Trinajstić information content (AvgIpc) is 3.18. The Kier molecular flexibility index (Phi) is 10.1. The lowest BCUT2D eigenvalue weighted by Gasteiger charge is -2.24. The third-order valence-electron chi connectivity index (χ3n) is 10.4. The molecule has 0 spiro atoms. The van der Waals surface area contributed by atoms with Crippen LogP contribution in [0.15, 0.2) is 120 Å². The minimum absolute atomic E-state index is 0.189. The molecule has 53 heavy (non-hydrogen) atoms. The van der Waals surface area contributed by atoms with Crippen molar-refractivity contribution in [2.45, 2.75) is 47.0 Å². The molecule has 7 rings (SSSR count). The van der Waals surface area contributed by atoms with Gasteiger partial charge < -0.3 is 0 Å². The molecule has 1 unspecified atom stereocenters. The Balaban J connectivity index is 1.46. The van der Waals surface area contributed by atoms with Gasteiger partial charge in [0, 0.05) is 5.56 Å². The summed E-state index contributed by atoms with van der Waals surface area (Å²) in [5.74, 6) is -6.63. The van der Waals surface area contributed by atoms with E-state index in [0.29, 0.717) is 18.2 Å². The summed E-state index contributed by atoms with van der Waals surface area (Å²) in [6.45, 7) is 7.04. The second-order valence-corrected chi connectivity index (χ2v) is 14.2. The Morgan fingerprint density at radius 1 is 0.547 bits per heavy atom. The minimum atomic E-state index is -1.82. The number of hydrogen-bond donors (Lipinski definition) is 0. The van der Waals surface area contributed by atoms with Gasteiger partial charge in [-0.2, -0.15) is 0 Å². The standard InChI is InChI=1S/C47H38F5P/c1-5-34-38(29-17-15-28(16-18-29)23-40(53)27(4)48)24-32-11-7-9-13-36(32)42(34)43-35(6-2)39(25-33-12-8-10-14-37(33)43)30-19-21-31(22-20-30)41-26(3)44(49)46(51)47(52)45(41)50/h7-22,24-25H,5-6,23,53H2,1-4H3/b40-27-. The maximum atomic E-state index is 15.0. The number of allylic oxidation sites excluding steroid dienone is 2.